The quantitative estimate of drug-likeness (QED) is 0.444. The Labute approximate surface area is 104 Å². The average Bonchev–Trinajstić information content (AvgIpc) is 2.75. The number of carbonyl (C=O) groups excluding carboxylic acids is 1. The smallest absolute Gasteiger partial charge is 0.356 e. The molecule has 0 amide bonds. The zero-order valence-electron chi connectivity index (χ0n) is 9.66. The second kappa shape index (κ2) is 6.17. The number of nitrogens with one attached hydrogen (secondary N) is 1. The van der Waals surface area contributed by atoms with Crippen LogP contribution in [0.1, 0.15) is 23.2 Å². The first-order chi connectivity index (χ1) is 8.08. The Hall–Kier alpha value is -1.66. The number of nitrogens with zero attached hydrogens (tertiary/aromatic N) is 1. The van der Waals surface area contributed by atoms with Crippen LogP contribution in [-0.2, 0) is 4.74 Å². The number of esters is 1. The minimum Gasteiger partial charge on any atom is -0.461 e. The fraction of sp³-hybridized carbons (Fsp3) is 0.300. The topological polar surface area (TPSA) is 97.2 Å². The first kappa shape index (κ1) is 13.4. The normalized spacial score (nSPS) is 11.4. The van der Waals surface area contributed by atoms with Gasteiger partial charge in [-0.05, 0) is 18.5 Å². The third kappa shape index (κ3) is 3.69. The van der Waals surface area contributed by atoms with Crippen molar-refractivity contribution in [3.8, 4) is 0 Å². The lowest BCUT2D eigenvalue weighted by Crippen LogP contribution is -2.76. The van der Waals surface area contributed by atoms with Gasteiger partial charge >= 0.3 is 5.97 Å². The van der Waals surface area contributed by atoms with E-state index in [2.05, 4.69) is 9.97 Å². The standard InChI is InChI=1S/C10H13ClN4O2/c1-3-17-10(16)7-5-14-9(15-7)6(13-2)4-8(11)12/h4-5,12-13H,3H2,1-2H3,(H,14,15)/p+2. The number of H-pyrrole nitrogens is 1. The zero-order valence-corrected chi connectivity index (χ0v) is 10.4. The molecule has 0 saturated carbocycles. The van der Waals surface area contributed by atoms with Crippen LogP contribution in [0.4, 0.5) is 0 Å². The van der Waals surface area contributed by atoms with E-state index in [4.69, 9.17) is 21.7 Å². The summed E-state index contributed by atoms with van der Waals surface area (Å²) in [5, 5.41) is 7.30. The van der Waals surface area contributed by atoms with E-state index >= 15 is 0 Å². The van der Waals surface area contributed by atoms with Gasteiger partial charge in [-0.25, -0.2) is 15.2 Å². The monoisotopic (exact) mass is 258 g/mol. The Morgan fingerprint density at radius 1 is 1.76 bits per heavy atom. The van der Waals surface area contributed by atoms with Crippen molar-refractivity contribution in [3.63, 3.8) is 0 Å². The second-order valence-electron chi connectivity index (χ2n) is 3.14. The Balaban J connectivity index is 2.93. The van der Waals surface area contributed by atoms with Crippen LogP contribution < -0.4 is 10.7 Å². The number of carbonyl (C=O) groups is 1. The highest BCUT2D eigenvalue weighted by atomic mass is 35.5. The predicted octanol–water partition coefficient (Wildman–Crippen LogP) is -1.48. The highest BCUT2D eigenvalue weighted by Crippen LogP contribution is 2.05. The van der Waals surface area contributed by atoms with Crippen LogP contribution >= 0.6 is 11.6 Å². The first-order valence-corrected chi connectivity index (χ1v) is 5.47. The molecule has 0 aliphatic heterocycles. The molecule has 1 aromatic rings. The van der Waals surface area contributed by atoms with Crippen LogP contribution in [0.5, 0.6) is 0 Å². The number of hydrogen-bond donors (Lipinski definition) is 3. The summed E-state index contributed by atoms with van der Waals surface area (Å²) in [5.74, 6) is 0.0729. The third-order valence-corrected chi connectivity index (χ3v) is 2.06. The largest absolute Gasteiger partial charge is 0.461 e. The van der Waals surface area contributed by atoms with Crippen molar-refractivity contribution in [1.29, 1.82) is 0 Å². The highest BCUT2D eigenvalue weighted by Gasteiger charge is 2.15. The van der Waals surface area contributed by atoms with E-state index in [1.807, 2.05) is 7.05 Å². The van der Waals surface area contributed by atoms with E-state index in [9.17, 15) is 4.79 Å². The summed E-state index contributed by atoms with van der Waals surface area (Å²) < 4.78 is 4.84. The van der Waals surface area contributed by atoms with Crippen LogP contribution in [0.15, 0.2) is 12.3 Å². The maximum atomic E-state index is 11.4. The number of aromatic nitrogens is 2. The van der Waals surface area contributed by atoms with E-state index < -0.39 is 5.97 Å². The van der Waals surface area contributed by atoms with Gasteiger partial charge in [-0.2, -0.15) is 0 Å². The van der Waals surface area contributed by atoms with Gasteiger partial charge in [-0.1, -0.05) is 0 Å². The number of allylic oxidation sites excluding steroid dienone is 1. The van der Waals surface area contributed by atoms with E-state index in [0.29, 0.717) is 23.8 Å². The number of aromatic amines is 1. The molecule has 92 valence electrons. The van der Waals surface area contributed by atoms with Crippen LogP contribution in [0.3, 0.4) is 0 Å². The maximum absolute atomic E-state index is 11.4. The van der Waals surface area contributed by atoms with Crippen molar-refractivity contribution in [2.45, 2.75) is 6.92 Å². The lowest BCUT2D eigenvalue weighted by atomic mass is 10.4. The van der Waals surface area contributed by atoms with Crippen LogP contribution in [0.2, 0.25) is 0 Å². The SMILES string of the molecule is CCOC(=O)c1cnc(C(=CC(=[NH2+])Cl)[NH2+]C)[nH]1. The van der Waals surface area contributed by atoms with Crippen molar-refractivity contribution >= 4 is 28.4 Å². The van der Waals surface area contributed by atoms with Gasteiger partial charge in [0.1, 0.15) is 5.69 Å². The van der Waals surface area contributed by atoms with Crippen LogP contribution in [0, 0.1) is 0 Å². The summed E-state index contributed by atoms with van der Waals surface area (Å²) in [6.07, 6.45) is 2.96. The molecule has 0 bridgehead atoms. The van der Waals surface area contributed by atoms with Gasteiger partial charge in [0.2, 0.25) is 0 Å². The number of quaternary nitrogens is 1. The van der Waals surface area contributed by atoms with Crippen molar-refractivity contribution in [2.75, 3.05) is 13.7 Å². The summed E-state index contributed by atoms with van der Waals surface area (Å²) in [6, 6.07) is 0. The molecule has 6 nitrogen and oxygen atoms in total. The van der Waals surface area contributed by atoms with E-state index in [1.54, 1.807) is 18.3 Å². The Morgan fingerprint density at radius 2 is 2.47 bits per heavy atom. The molecule has 0 aliphatic rings. The molecule has 0 radical (unpaired) electrons. The molecule has 0 atom stereocenters. The summed E-state index contributed by atoms with van der Waals surface area (Å²) in [7, 11) is 1.82. The first-order valence-electron chi connectivity index (χ1n) is 5.10. The average molecular weight is 259 g/mol. The van der Waals surface area contributed by atoms with Crippen molar-refractivity contribution in [3.05, 3.63) is 23.8 Å². The zero-order chi connectivity index (χ0) is 12.8. The van der Waals surface area contributed by atoms with Crippen LogP contribution in [0.25, 0.3) is 5.70 Å². The molecule has 0 unspecified atom stereocenters. The summed E-state index contributed by atoms with van der Waals surface area (Å²) >= 11 is 5.58. The van der Waals surface area contributed by atoms with Gasteiger partial charge in [0, 0.05) is 0 Å². The molecule has 7 heteroatoms. The van der Waals surface area contributed by atoms with Gasteiger partial charge < -0.3 is 15.0 Å². The number of nitrogens with two attached hydrogens (primary N) is 2. The molecule has 1 rings (SSSR count). The van der Waals surface area contributed by atoms with E-state index in [1.165, 1.54) is 6.20 Å². The number of ether oxygens (including phenoxy) is 1. The third-order valence-electron chi connectivity index (χ3n) is 1.95. The molecule has 1 aromatic heterocycles. The summed E-state index contributed by atoms with van der Waals surface area (Å²) in [5.41, 5.74) is 0.996. The fourth-order valence-corrected chi connectivity index (χ4v) is 1.34. The van der Waals surface area contributed by atoms with Crippen molar-refractivity contribution < 1.29 is 20.3 Å². The molecule has 0 aliphatic carbocycles. The van der Waals surface area contributed by atoms with Gasteiger partial charge in [-0.3, -0.25) is 0 Å². The molecular formula is C10H15ClN4O2+2. The maximum Gasteiger partial charge on any atom is 0.356 e. The molecule has 0 fully saturated rings. The Morgan fingerprint density at radius 3 is 3.00 bits per heavy atom. The van der Waals surface area contributed by atoms with Crippen LogP contribution in [-0.4, -0.2) is 34.8 Å². The van der Waals surface area contributed by atoms with Crippen molar-refractivity contribution in [1.82, 2.24) is 9.97 Å². The molecule has 5 N–H and O–H groups in total. The molecule has 17 heavy (non-hydrogen) atoms. The van der Waals surface area contributed by atoms with Gasteiger partial charge in [0.15, 0.2) is 11.5 Å². The second-order valence-corrected chi connectivity index (χ2v) is 3.58. The Kier molecular flexibility index (Phi) is 4.86. The summed E-state index contributed by atoms with van der Waals surface area (Å²) in [4.78, 5) is 18.3. The minimum atomic E-state index is -0.440. The molecule has 0 spiro atoms. The minimum absolute atomic E-state index is 0.146. The van der Waals surface area contributed by atoms with Crippen molar-refractivity contribution in [2.24, 2.45) is 0 Å². The van der Waals surface area contributed by atoms with E-state index in [0.717, 1.165) is 0 Å². The number of imidazole rings is 1. The van der Waals surface area contributed by atoms with Gasteiger partial charge in [-0.15, -0.1) is 0 Å². The molecule has 0 aromatic carbocycles. The lowest BCUT2D eigenvalue weighted by molar-refractivity contribution is -0.530. The predicted molar refractivity (Wildman–Crippen MR) is 63.2 cm³/mol. The van der Waals surface area contributed by atoms with E-state index in [-0.39, 0.29) is 5.17 Å². The van der Waals surface area contributed by atoms with Gasteiger partial charge in [0.05, 0.1) is 25.9 Å². The number of halogens is 1. The molecule has 1 heterocycles. The number of hydrogen-bond acceptors (Lipinski definition) is 3. The number of rotatable bonds is 5. The molecule has 0 saturated heterocycles. The van der Waals surface area contributed by atoms with Gasteiger partial charge in [0.25, 0.3) is 5.17 Å². The lowest BCUT2D eigenvalue weighted by Gasteiger charge is -1.98. The fourth-order valence-electron chi connectivity index (χ4n) is 1.22. The molecular weight excluding hydrogens is 244 g/mol. The summed E-state index contributed by atoms with van der Waals surface area (Å²) in [6.45, 7) is 2.06. The highest BCUT2D eigenvalue weighted by molar-refractivity contribution is 6.66. The Bertz CT molecular complexity index is 453.